The van der Waals surface area contributed by atoms with E-state index >= 15 is 0 Å². The van der Waals surface area contributed by atoms with Gasteiger partial charge in [-0.25, -0.2) is 0 Å². The van der Waals surface area contributed by atoms with Crippen molar-refractivity contribution in [1.82, 2.24) is 0 Å². The second kappa shape index (κ2) is 2.51. The number of hydrogen-bond acceptors (Lipinski definition) is 2. The molecule has 48 valence electrons. The summed E-state index contributed by atoms with van der Waals surface area (Å²) in [5.74, 6) is -0.192. The molecule has 0 heterocycles. The molecule has 0 N–H and O–H groups in total. The highest BCUT2D eigenvalue weighted by atomic mass is 14.4. The number of rotatable bonds is 1. The maximum absolute atomic E-state index is 8.49. The highest BCUT2D eigenvalue weighted by molar-refractivity contribution is 5.02. The first-order valence-electron chi connectivity index (χ1n) is 2.85. The van der Waals surface area contributed by atoms with E-state index in [4.69, 9.17) is 10.5 Å². The molecular formula is C7H10N2. The summed E-state index contributed by atoms with van der Waals surface area (Å²) in [4.78, 5) is 0. The molecule has 2 heteroatoms. The SMILES string of the molecule is CC(C#N)C(C)(C)C#N. The van der Waals surface area contributed by atoms with Crippen LogP contribution in [0, 0.1) is 34.0 Å². The number of nitriles is 2. The Kier molecular flexibility index (Phi) is 2.22. The molecule has 0 amide bonds. The van der Waals surface area contributed by atoms with E-state index in [0.29, 0.717) is 0 Å². The molecule has 0 aromatic heterocycles. The molecule has 0 saturated heterocycles. The van der Waals surface area contributed by atoms with E-state index in [1.807, 2.05) is 6.07 Å². The Balaban J connectivity index is 4.23. The molecule has 1 unspecified atom stereocenters. The Morgan fingerprint density at radius 2 is 1.78 bits per heavy atom. The van der Waals surface area contributed by atoms with Crippen molar-refractivity contribution in [3.8, 4) is 12.1 Å². The third-order valence-corrected chi connectivity index (χ3v) is 1.56. The summed E-state index contributed by atoms with van der Waals surface area (Å²) in [7, 11) is 0. The van der Waals surface area contributed by atoms with Crippen LogP contribution in [0.2, 0.25) is 0 Å². The van der Waals surface area contributed by atoms with Gasteiger partial charge in [0.25, 0.3) is 0 Å². The highest BCUT2D eigenvalue weighted by Crippen LogP contribution is 2.23. The van der Waals surface area contributed by atoms with Gasteiger partial charge in [-0.3, -0.25) is 0 Å². The molecule has 0 saturated carbocycles. The van der Waals surface area contributed by atoms with Gasteiger partial charge in [0.05, 0.1) is 23.5 Å². The molecule has 9 heavy (non-hydrogen) atoms. The molecule has 0 radical (unpaired) electrons. The summed E-state index contributed by atoms with van der Waals surface area (Å²) in [5.41, 5.74) is -0.505. The normalized spacial score (nSPS) is 13.4. The third-order valence-electron chi connectivity index (χ3n) is 1.56. The van der Waals surface area contributed by atoms with Crippen molar-refractivity contribution in [2.45, 2.75) is 20.8 Å². The molecule has 0 rings (SSSR count). The van der Waals surface area contributed by atoms with Crippen LogP contribution in [0.25, 0.3) is 0 Å². The van der Waals surface area contributed by atoms with Crippen molar-refractivity contribution in [2.75, 3.05) is 0 Å². The molecule has 0 aromatic rings. The number of hydrogen-bond donors (Lipinski definition) is 0. The maximum Gasteiger partial charge on any atom is 0.0697 e. The maximum atomic E-state index is 8.49. The van der Waals surface area contributed by atoms with Gasteiger partial charge in [-0.15, -0.1) is 0 Å². The minimum absolute atomic E-state index is 0.192. The Morgan fingerprint density at radius 1 is 1.33 bits per heavy atom. The van der Waals surface area contributed by atoms with E-state index in [1.165, 1.54) is 0 Å². The van der Waals surface area contributed by atoms with Crippen LogP contribution < -0.4 is 0 Å². The smallest absolute Gasteiger partial charge is 0.0697 e. The van der Waals surface area contributed by atoms with Crippen molar-refractivity contribution >= 4 is 0 Å². The van der Waals surface area contributed by atoms with Crippen LogP contribution >= 0.6 is 0 Å². The molecule has 0 bridgehead atoms. The Bertz CT molecular complexity index is 168. The quantitative estimate of drug-likeness (QED) is 0.531. The van der Waals surface area contributed by atoms with Crippen molar-refractivity contribution in [3.63, 3.8) is 0 Å². The van der Waals surface area contributed by atoms with Crippen LogP contribution in [-0.4, -0.2) is 0 Å². The summed E-state index contributed by atoms with van der Waals surface area (Å²) in [5, 5.41) is 16.9. The zero-order valence-corrected chi connectivity index (χ0v) is 5.97. The van der Waals surface area contributed by atoms with E-state index in [0.717, 1.165) is 0 Å². The molecule has 0 aliphatic carbocycles. The molecule has 0 fully saturated rings. The van der Waals surface area contributed by atoms with Gasteiger partial charge in [-0.1, -0.05) is 0 Å². The monoisotopic (exact) mass is 122 g/mol. The zero-order valence-electron chi connectivity index (χ0n) is 5.97. The van der Waals surface area contributed by atoms with Gasteiger partial charge in [0.15, 0.2) is 0 Å². The van der Waals surface area contributed by atoms with Crippen LogP contribution in [-0.2, 0) is 0 Å². The lowest BCUT2D eigenvalue weighted by Gasteiger charge is -2.16. The minimum atomic E-state index is -0.505. The van der Waals surface area contributed by atoms with Crippen LogP contribution in [0.4, 0.5) is 0 Å². The molecular weight excluding hydrogens is 112 g/mol. The number of nitrogens with zero attached hydrogens (tertiary/aromatic N) is 2. The van der Waals surface area contributed by atoms with Gasteiger partial charge in [-0.05, 0) is 20.8 Å². The van der Waals surface area contributed by atoms with E-state index in [9.17, 15) is 0 Å². The summed E-state index contributed by atoms with van der Waals surface area (Å²) < 4.78 is 0. The second-order valence-electron chi connectivity index (χ2n) is 2.68. The van der Waals surface area contributed by atoms with Crippen LogP contribution in [0.15, 0.2) is 0 Å². The van der Waals surface area contributed by atoms with E-state index < -0.39 is 5.41 Å². The van der Waals surface area contributed by atoms with Gasteiger partial charge >= 0.3 is 0 Å². The molecule has 1 atom stereocenters. The topological polar surface area (TPSA) is 47.6 Å². The highest BCUT2D eigenvalue weighted by Gasteiger charge is 2.24. The van der Waals surface area contributed by atoms with Crippen molar-refractivity contribution in [1.29, 1.82) is 10.5 Å². The van der Waals surface area contributed by atoms with Crippen LogP contribution in [0.1, 0.15) is 20.8 Å². The third kappa shape index (κ3) is 1.74. The van der Waals surface area contributed by atoms with Gasteiger partial charge in [0.2, 0.25) is 0 Å². The summed E-state index contributed by atoms with van der Waals surface area (Å²) in [6.07, 6.45) is 0. The van der Waals surface area contributed by atoms with Crippen molar-refractivity contribution < 1.29 is 0 Å². The lowest BCUT2D eigenvalue weighted by atomic mass is 9.83. The predicted octanol–water partition coefficient (Wildman–Crippen LogP) is 1.70. The fraction of sp³-hybridized carbons (Fsp3) is 0.714. The largest absolute Gasteiger partial charge is 0.198 e. The van der Waals surface area contributed by atoms with Gasteiger partial charge in [-0.2, -0.15) is 10.5 Å². The first-order chi connectivity index (χ1) is 4.04. The summed E-state index contributed by atoms with van der Waals surface area (Å²) in [6.45, 7) is 5.28. The minimum Gasteiger partial charge on any atom is -0.198 e. The average Bonchev–Trinajstić information content (AvgIpc) is 1.86. The molecule has 2 nitrogen and oxygen atoms in total. The fourth-order valence-electron chi connectivity index (χ4n) is 0.258. The van der Waals surface area contributed by atoms with Gasteiger partial charge in [0, 0.05) is 0 Å². The molecule has 0 aliphatic rings. The Morgan fingerprint density at radius 3 is 1.89 bits per heavy atom. The zero-order chi connectivity index (χ0) is 7.49. The molecule has 0 spiro atoms. The predicted molar refractivity (Wildman–Crippen MR) is 34.2 cm³/mol. The van der Waals surface area contributed by atoms with Crippen molar-refractivity contribution in [3.05, 3.63) is 0 Å². The fourth-order valence-corrected chi connectivity index (χ4v) is 0.258. The standard InChI is InChI=1S/C7H10N2/c1-6(4-8)7(2,3)5-9/h6H,1-3H3. The van der Waals surface area contributed by atoms with Crippen molar-refractivity contribution in [2.24, 2.45) is 11.3 Å². The lowest BCUT2D eigenvalue weighted by molar-refractivity contribution is 0.390. The summed E-state index contributed by atoms with van der Waals surface area (Å²) in [6, 6.07) is 4.10. The van der Waals surface area contributed by atoms with E-state index in [1.54, 1.807) is 20.8 Å². The lowest BCUT2D eigenvalue weighted by Crippen LogP contribution is -2.17. The molecule has 0 aliphatic heterocycles. The first kappa shape index (κ1) is 7.98. The Labute approximate surface area is 55.7 Å². The average molecular weight is 122 g/mol. The van der Waals surface area contributed by atoms with Crippen LogP contribution in [0.3, 0.4) is 0 Å². The van der Waals surface area contributed by atoms with Gasteiger partial charge < -0.3 is 0 Å². The van der Waals surface area contributed by atoms with E-state index in [2.05, 4.69) is 6.07 Å². The first-order valence-corrected chi connectivity index (χ1v) is 2.85. The molecule has 0 aromatic carbocycles. The summed E-state index contributed by atoms with van der Waals surface area (Å²) >= 11 is 0. The Hall–Kier alpha value is -1.02. The van der Waals surface area contributed by atoms with Crippen LogP contribution in [0.5, 0.6) is 0 Å². The second-order valence-corrected chi connectivity index (χ2v) is 2.68. The van der Waals surface area contributed by atoms with Gasteiger partial charge in [0.1, 0.15) is 0 Å². The van der Waals surface area contributed by atoms with E-state index in [-0.39, 0.29) is 5.92 Å².